The number of hydrogen-bond acceptors (Lipinski definition) is 3. The van der Waals surface area contributed by atoms with E-state index in [0.717, 1.165) is 18.8 Å². The van der Waals surface area contributed by atoms with E-state index in [2.05, 4.69) is 26.4 Å². The van der Waals surface area contributed by atoms with Crippen LogP contribution in [0.1, 0.15) is 5.56 Å². The Morgan fingerprint density at radius 1 is 1.15 bits per heavy atom. The lowest BCUT2D eigenvalue weighted by Gasteiger charge is -2.15. The minimum absolute atomic E-state index is 0.465. The van der Waals surface area contributed by atoms with E-state index in [0.29, 0.717) is 10.2 Å². The summed E-state index contributed by atoms with van der Waals surface area (Å²) < 4.78 is 0. The second-order valence-electron chi connectivity index (χ2n) is 4.63. The molecule has 4 N–H and O–H groups in total. The predicted molar refractivity (Wildman–Crippen MR) is 92.8 cm³/mol. The Bertz CT molecular complexity index is 462. The van der Waals surface area contributed by atoms with E-state index >= 15 is 0 Å². The highest BCUT2D eigenvalue weighted by Crippen LogP contribution is 2.08. The first kappa shape index (κ1) is 16.6. The molecule has 0 bridgehead atoms. The maximum Gasteiger partial charge on any atom is 0.189 e. The number of rotatable bonds is 4. The van der Waals surface area contributed by atoms with Crippen molar-refractivity contribution in [2.75, 3.05) is 32.5 Å². The number of likely N-dealkylation sites (N-methyl/N-ethyl adjacent to an activating group) is 1. The Hall–Kier alpha value is -1.44. The van der Waals surface area contributed by atoms with Gasteiger partial charge in [-0.2, -0.15) is 0 Å². The summed E-state index contributed by atoms with van der Waals surface area (Å²) in [7, 11) is 4.02. The number of benzene rings is 1. The van der Waals surface area contributed by atoms with Crippen molar-refractivity contribution < 1.29 is 0 Å². The van der Waals surface area contributed by atoms with Gasteiger partial charge in [0, 0.05) is 18.8 Å². The van der Waals surface area contributed by atoms with E-state index in [9.17, 15) is 0 Å². The summed E-state index contributed by atoms with van der Waals surface area (Å²) in [6.45, 7) is 3.72. The fourth-order valence-electron chi connectivity index (χ4n) is 1.44. The number of nitrogens with one attached hydrogen (secondary N) is 4. The van der Waals surface area contributed by atoms with Crippen LogP contribution >= 0.6 is 24.4 Å². The summed E-state index contributed by atoms with van der Waals surface area (Å²) in [5.74, 6) is 0. The molecular formula is C13H21N5S2. The molecule has 1 aromatic carbocycles. The lowest BCUT2D eigenvalue weighted by atomic mass is 10.2. The molecule has 0 aliphatic heterocycles. The van der Waals surface area contributed by atoms with E-state index in [1.807, 2.05) is 45.3 Å². The van der Waals surface area contributed by atoms with Gasteiger partial charge < -0.3 is 15.5 Å². The van der Waals surface area contributed by atoms with Crippen molar-refractivity contribution in [1.82, 2.24) is 21.1 Å². The van der Waals surface area contributed by atoms with E-state index < -0.39 is 0 Å². The van der Waals surface area contributed by atoms with Gasteiger partial charge in [-0.3, -0.25) is 10.9 Å². The van der Waals surface area contributed by atoms with Crippen molar-refractivity contribution in [1.29, 1.82) is 0 Å². The molecule has 0 aliphatic carbocycles. The molecule has 0 heterocycles. The average molecular weight is 311 g/mol. The third-order valence-electron chi connectivity index (χ3n) is 2.41. The van der Waals surface area contributed by atoms with Gasteiger partial charge in [0.15, 0.2) is 10.2 Å². The fourth-order valence-corrected chi connectivity index (χ4v) is 1.76. The van der Waals surface area contributed by atoms with Crippen molar-refractivity contribution in [3.05, 3.63) is 29.8 Å². The van der Waals surface area contributed by atoms with Crippen molar-refractivity contribution in [3.63, 3.8) is 0 Å². The number of hydrazine groups is 1. The lowest BCUT2D eigenvalue weighted by molar-refractivity contribution is 0.412. The summed E-state index contributed by atoms with van der Waals surface area (Å²) in [6.07, 6.45) is 0. The Labute approximate surface area is 131 Å². The SMILES string of the molecule is Cc1cccc(NC(=S)NNC(=S)NCCN(C)C)c1. The first-order valence-corrected chi connectivity index (χ1v) is 7.11. The van der Waals surface area contributed by atoms with Crippen LogP contribution in [0.15, 0.2) is 24.3 Å². The van der Waals surface area contributed by atoms with Gasteiger partial charge in [0.25, 0.3) is 0 Å². The quantitative estimate of drug-likeness (QED) is 0.493. The molecule has 0 fully saturated rings. The summed E-state index contributed by atoms with van der Waals surface area (Å²) in [6, 6.07) is 7.97. The average Bonchev–Trinajstić information content (AvgIpc) is 2.36. The Morgan fingerprint density at radius 2 is 1.85 bits per heavy atom. The second kappa shape index (κ2) is 8.68. The van der Waals surface area contributed by atoms with E-state index in [1.165, 1.54) is 5.56 Å². The second-order valence-corrected chi connectivity index (χ2v) is 5.45. The maximum atomic E-state index is 5.17. The summed E-state index contributed by atoms with van der Waals surface area (Å²) in [4.78, 5) is 2.08. The van der Waals surface area contributed by atoms with Gasteiger partial charge in [-0.25, -0.2) is 0 Å². The number of hydrogen-bond donors (Lipinski definition) is 4. The zero-order chi connectivity index (χ0) is 15.0. The predicted octanol–water partition coefficient (Wildman–Crippen LogP) is 1.22. The molecule has 0 aliphatic rings. The standard InChI is InChI=1S/C13H21N5S2/c1-10-5-4-6-11(9-10)15-13(20)17-16-12(19)14-7-8-18(2)3/h4-6,9H,7-8H2,1-3H3,(H2,14,16,19)(H2,15,17,20). The number of anilines is 1. The topological polar surface area (TPSA) is 51.4 Å². The highest BCUT2D eigenvalue weighted by atomic mass is 32.1. The van der Waals surface area contributed by atoms with Crippen molar-refractivity contribution in [3.8, 4) is 0 Å². The van der Waals surface area contributed by atoms with Crippen LogP contribution in [0.5, 0.6) is 0 Å². The highest BCUT2D eigenvalue weighted by Gasteiger charge is 1.99. The minimum Gasteiger partial charge on any atom is -0.360 e. The monoisotopic (exact) mass is 311 g/mol. The van der Waals surface area contributed by atoms with Crippen molar-refractivity contribution in [2.45, 2.75) is 6.92 Å². The lowest BCUT2D eigenvalue weighted by Crippen LogP contribution is -2.49. The summed E-state index contributed by atoms with van der Waals surface area (Å²) in [5.41, 5.74) is 7.79. The van der Waals surface area contributed by atoms with E-state index in [-0.39, 0.29) is 0 Å². The molecule has 0 radical (unpaired) electrons. The smallest absolute Gasteiger partial charge is 0.189 e. The summed E-state index contributed by atoms with van der Waals surface area (Å²) in [5, 5.41) is 7.12. The molecule has 0 amide bonds. The molecule has 0 saturated carbocycles. The first-order valence-electron chi connectivity index (χ1n) is 6.29. The molecule has 7 heteroatoms. The van der Waals surface area contributed by atoms with Crippen LogP contribution in [-0.4, -0.2) is 42.3 Å². The normalized spacial score (nSPS) is 10.0. The van der Waals surface area contributed by atoms with Gasteiger partial charge in [0.1, 0.15) is 0 Å². The molecule has 0 unspecified atom stereocenters. The highest BCUT2D eigenvalue weighted by molar-refractivity contribution is 7.80. The molecule has 0 saturated heterocycles. The minimum atomic E-state index is 0.465. The van der Waals surface area contributed by atoms with Crippen molar-refractivity contribution in [2.24, 2.45) is 0 Å². The van der Waals surface area contributed by atoms with Crippen LogP contribution in [0.3, 0.4) is 0 Å². The molecular weight excluding hydrogens is 290 g/mol. The number of aryl methyl sites for hydroxylation is 1. The van der Waals surface area contributed by atoms with Gasteiger partial charge in [-0.15, -0.1) is 0 Å². The van der Waals surface area contributed by atoms with Crippen LogP contribution < -0.4 is 21.5 Å². The van der Waals surface area contributed by atoms with Crippen LogP contribution in [0, 0.1) is 6.92 Å². The molecule has 1 rings (SSSR count). The summed E-state index contributed by atoms with van der Waals surface area (Å²) >= 11 is 10.3. The zero-order valence-electron chi connectivity index (χ0n) is 12.0. The zero-order valence-corrected chi connectivity index (χ0v) is 13.6. The van der Waals surface area contributed by atoms with E-state index in [1.54, 1.807) is 0 Å². The van der Waals surface area contributed by atoms with Gasteiger partial charge >= 0.3 is 0 Å². The van der Waals surface area contributed by atoms with Crippen LogP contribution in [0.25, 0.3) is 0 Å². The van der Waals surface area contributed by atoms with Crippen LogP contribution in [0.2, 0.25) is 0 Å². The molecule has 110 valence electrons. The Morgan fingerprint density at radius 3 is 2.50 bits per heavy atom. The van der Waals surface area contributed by atoms with E-state index in [4.69, 9.17) is 24.4 Å². The number of nitrogens with zero attached hydrogens (tertiary/aromatic N) is 1. The molecule has 1 aromatic rings. The fraction of sp³-hybridized carbons (Fsp3) is 0.385. The third kappa shape index (κ3) is 7.22. The van der Waals surface area contributed by atoms with Gasteiger partial charge in [-0.1, -0.05) is 12.1 Å². The molecule has 0 spiro atoms. The third-order valence-corrected chi connectivity index (χ3v) is 2.86. The maximum absolute atomic E-state index is 5.17. The van der Waals surface area contributed by atoms with Gasteiger partial charge in [0.05, 0.1) is 0 Å². The van der Waals surface area contributed by atoms with Crippen LogP contribution in [0.4, 0.5) is 5.69 Å². The van der Waals surface area contributed by atoms with Crippen molar-refractivity contribution >= 4 is 40.3 Å². The number of thiocarbonyl (C=S) groups is 2. The van der Waals surface area contributed by atoms with Gasteiger partial charge in [0.2, 0.25) is 0 Å². The molecule has 0 atom stereocenters. The van der Waals surface area contributed by atoms with Gasteiger partial charge in [-0.05, 0) is 63.2 Å². The molecule has 5 nitrogen and oxygen atoms in total. The first-order chi connectivity index (χ1) is 9.47. The van der Waals surface area contributed by atoms with Crippen LogP contribution in [-0.2, 0) is 0 Å². The molecule has 0 aromatic heterocycles. The molecule has 20 heavy (non-hydrogen) atoms. The largest absolute Gasteiger partial charge is 0.360 e. The Balaban J connectivity index is 2.24. The Kier molecular flexibility index (Phi) is 7.21.